The molecule has 2 aliphatic heterocycles. The predicted octanol–water partition coefficient (Wildman–Crippen LogP) is 2.92. The fourth-order valence-electron chi connectivity index (χ4n) is 4.88. The number of fused-ring (bicyclic) bond motifs is 1. The van der Waals surface area contributed by atoms with Crippen LogP contribution in [0.2, 0.25) is 5.02 Å². The molecule has 3 aromatic rings. The number of carbonyl (C=O) groups is 2. The third-order valence-corrected chi connectivity index (χ3v) is 6.94. The van der Waals surface area contributed by atoms with Crippen LogP contribution in [0.25, 0.3) is 5.69 Å². The van der Waals surface area contributed by atoms with Crippen molar-refractivity contribution < 1.29 is 19.1 Å². The molecule has 0 aliphatic carbocycles. The highest BCUT2D eigenvalue weighted by Crippen LogP contribution is 2.28. The molecule has 10 heteroatoms. The standard InChI is InChI=1S/C26H28ClN5O4/c1-17-11-22(26(34)35-2)29-32(17)23-13-20(27)14-28-24(23)25(33)31-15-19-6-4-3-5-18(19)12-21(31)16-30-7-9-36-10-8-30/h3-6,11,13-14,21H,7-10,12,15-16H2,1-2H3/t21-/m0/s1. The normalized spacial score (nSPS) is 18.1. The van der Waals surface area contributed by atoms with Gasteiger partial charge in [0.15, 0.2) is 11.4 Å². The molecule has 1 saturated heterocycles. The molecule has 0 N–H and O–H groups in total. The van der Waals surface area contributed by atoms with Crippen molar-refractivity contribution in [2.75, 3.05) is 40.0 Å². The van der Waals surface area contributed by atoms with Gasteiger partial charge in [0.05, 0.1) is 31.0 Å². The SMILES string of the molecule is COC(=O)c1cc(C)n(-c2cc(Cl)cnc2C(=O)N2Cc3ccccc3C[C@H]2CN2CCOCC2)n1. The zero-order valence-electron chi connectivity index (χ0n) is 20.3. The highest BCUT2D eigenvalue weighted by atomic mass is 35.5. The zero-order valence-corrected chi connectivity index (χ0v) is 21.1. The van der Waals surface area contributed by atoms with Crippen LogP contribution >= 0.6 is 11.6 Å². The summed E-state index contributed by atoms with van der Waals surface area (Å²) in [6.45, 7) is 6.11. The van der Waals surface area contributed by atoms with Crippen molar-refractivity contribution in [2.24, 2.45) is 0 Å². The number of benzene rings is 1. The molecule has 9 nitrogen and oxygen atoms in total. The number of pyridine rings is 1. The van der Waals surface area contributed by atoms with Gasteiger partial charge >= 0.3 is 5.97 Å². The number of amides is 1. The van der Waals surface area contributed by atoms with Gasteiger partial charge in [0.25, 0.3) is 5.91 Å². The molecule has 0 saturated carbocycles. The average molecular weight is 510 g/mol. The largest absolute Gasteiger partial charge is 0.464 e. The van der Waals surface area contributed by atoms with Gasteiger partial charge in [-0.2, -0.15) is 5.10 Å². The van der Waals surface area contributed by atoms with Gasteiger partial charge < -0.3 is 14.4 Å². The van der Waals surface area contributed by atoms with Crippen LogP contribution in [0.15, 0.2) is 42.6 Å². The Morgan fingerprint density at radius 2 is 1.92 bits per heavy atom. The summed E-state index contributed by atoms with van der Waals surface area (Å²) in [5.41, 5.74) is 3.84. The summed E-state index contributed by atoms with van der Waals surface area (Å²) in [5, 5.41) is 4.74. The molecule has 1 amide bonds. The van der Waals surface area contributed by atoms with E-state index >= 15 is 0 Å². The van der Waals surface area contributed by atoms with Gasteiger partial charge in [-0.25, -0.2) is 14.5 Å². The molecule has 1 aromatic carbocycles. The summed E-state index contributed by atoms with van der Waals surface area (Å²) in [6, 6.07) is 11.5. The third-order valence-electron chi connectivity index (χ3n) is 6.74. The highest BCUT2D eigenvalue weighted by molar-refractivity contribution is 6.30. The van der Waals surface area contributed by atoms with Crippen molar-refractivity contribution in [3.63, 3.8) is 0 Å². The van der Waals surface area contributed by atoms with Crippen molar-refractivity contribution in [1.82, 2.24) is 24.6 Å². The van der Waals surface area contributed by atoms with E-state index in [9.17, 15) is 9.59 Å². The van der Waals surface area contributed by atoms with E-state index in [1.54, 1.807) is 19.1 Å². The molecule has 0 bridgehead atoms. The minimum Gasteiger partial charge on any atom is -0.464 e. The number of esters is 1. The Labute approximate surface area is 214 Å². The molecule has 2 aliphatic rings. The quantitative estimate of drug-likeness (QED) is 0.488. The van der Waals surface area contributed by atoms with Crippen LogP contribution < -0.4 is 0 Å². The Hall–Kier alpha value is -3.27. The molecule has 0 spiro atoms. The second kappa shape index (κ2) is 10.4. The monoisotopic (exact) mass is 509 g/mol. The van der Waals surface area contributed by atoms with Crippen LogP contribution in [-0.2, 0) is 22.4 Å². The summed E-state index contributed by atoms with van der Waals surface area (Å²) in [7, 11) is 1.30. The van der Waals surface area contributed by atoms with Crippen molar-refractivity contribution in [1.29, 1.82) is 0 Å². The Balaban J connectivity index is 1.52. The van der Waals surface area contributed by atoms with E-state index in [4.69, 9.17) is 21.1 Å². The first-order chi connectivity index (χ1) is 17.4. The molecule has 1 fully saturated rings. The lowest BCUT2D eigenvalue weighted by molar-refractivity contribution is 0.0191. The fourth-order valence-corrected chi connectivity index (χ4v) is 5.04. The number of aromatic nitrogens is 3. The summed E-state index contributed by atoms with van der Waals surface area (Å²) in [4.78, 5) is 34.9. The Morgan fingerprint density at radius 3 is 2.67 bits per heavy atom. The van der Waals surface area contributed by atoms with Gasteiger partial charge in [0, 0.05) is 44.1 Å². The summed E-state index contributed by atoms with van der Waals surface area (Å²) in [6.07, 6.45) is 2.22. The van der Waals surface area contributed by atoms with Crippen LogP contribution in [0.3, 0.4) is 0 Å². The van der Waals surface area contributed by atoms with Gasteiger partial charge in [0.2, 0.25) is 0 Å². The van der Waals surface area contributed by atoms with E-state index in [2.05, 4.69) is 27.1 Å². The van der Waals surface area contributed by atoms with Crippen molar-refractivity contribution in [3.05, 3.63) is 75.8 Å². The van der Waals surface area contributed by atoms with E-state index < -0.39 is 5.97 Å². The third kappa shape index (κ3) is 4.86. The minimum absolute atomic E-state index is 0.0276. The number of methoxy groups -OCH3 is 1. The fraction of sp³-hybridized carbons (Fsp3) is 0.385. The van der Waals surface area contributed by atoms with Gasteiger partial charge in [-0.15, -0.1) is 0 Å². The smallest absolute Gasteiger partial charge is 0.358 e. The van der Waals surface area contributed by atoms with Gasteiger partial charge in [-0.3, -0.25) is 9.69 Å². The molecule has 2 aromatic heterocycles. The first kappa shape index (κ1) is 24.4. The summed E-state index contributed by atoms with van der Waals surface area (Å²) in [5.74, 6) is -0.762. The molecule has 0 unspecified atom stereocenters. The van der Waals surface area contributed by atoms with Crippen molar-refractivity contribution >= 4 is 23.5 Å². The molecule has 1 atom stereocenters. The first-order valence-corrected chi connectivity index (χ1v) is 12.3. The van der Waals surface area contributed by atoms with Crippen LogP contribution in [0.1, 0.15) is 37.8 Å². The first-order valence-electron chi connectivity index (χ1n) is 11.9. The molecule has 188 valence electrons. The van der Waals surface area contributed by atoms with Gasteiger partial charge in [-0.1, -0.05) is 35.9 Å². The second-order valence-corrected chi connectivity index (χ2v) is 9.50. The van der Waals surface area contributed by atoms with Crippen LogP contribution in [-0.4, -0.2) is 82.4 Å². The maximum atomic E-state index is 14.1. The number of aryl methyl sites for hydroxylation is 1. The van der Waals surface area contributed by atoms with Crippen LogP contribution in [0.4, 0.5) is 0 Å². The van der Waals surface area contributed by atoms with E-state index in [1.165, 1.54) is 23.6 Å². The number of carbonyl (C=O) groups excluding carboxylic acids is 2. The number of halogens is 1. The molecule has 5 rings (SSSR count). The summed E-state index contributed by atoms with van der Waals surface area (Å²) < 4.78 is 11.8. The lowest BCUT2D eigenvalue weighted by Crippen LogP contribution is -2.52. The molecule has 4 heterocycles. The maximum absolute atomic E-state index is 14.1. The second-order valence-electron chi connectivity index (χ2n) is 9.07. The van der Waals surface area contributed by atoms with Crippen LogP contribution in [0, 0.1) is 6.92 Å². The van der Waals surface area contributed by atoms with Gasteiger partial charge in [-0.05, 0) is 36.6 Å². The lowest BCUT2D eigenvalue weighted by atomic mass is 9.93. The van der Waals surface area contributed by atoms with Gasteiger partial charge in [0.1, 0.15) is 0 Å². The Morgan fingerprint density at radius 1 is 1.17 bits per heavy atom. The minimum atomic E-state index is -0.557. The van der Waals surface area contributed by atoms with Crippen molar-refractivity contribution in [3.8, 4) is 5.69 Å². The highest BCUT2D eigenvalue weighted by Gasteiger charge is 2.34. The van der Waals surface area contributed by atoms with Crippen LogP contribution in [0.5, 0.6) is 0 Å². The van der Waals surface area contributed by atoms with E-state index in [-0.39, 0.29) is 23.3 Å². The summed E-state index contributed by atoms with van der Waals surface area (Å²) >= 11 is 6.29. The lowest BCUT2D eigenvalue weighted by Gasteiger charge is -2.40. The zero-order chi connectivity index (χ0) is 25.2. The number of nitrogens with zero attached hydrogens (tertiary/aromatic N) is 5. The average Bonchev–Trinajstić information content (AvgIpc) is 3.29. The maximum Gasteiger partial charge on any atom is 0.358 e. The topological polar surface area (TPSA) is 89.8 Å². The molecular formula is C26H28ClN5O4. The predicted molar refractivity (Wildman–Crippen MR) is 134 cm³/mol. The Bertz CT molecular complexity index is 1290. The number of hydrogen-bond acceptors (Lipinski definition) is 7. The Kier molecular flexibility index (Phi) is 7.04. The van der Waals surface area contributed by atoms with E-state index in [0.717, 1.165) is 31.6 Å². The molecule has 0 radical (unpaired) electrons. The molecule has 36 heavy (non-hydrogen) atoms. The van der Waals surface area contributed by atoms with Crippen molar-refractivity contribution in [2.45, 2.75) is 25.9 Å². The van der Waals surface area contributed by atoms with E-state index in [0.29, 0.717) is 36.2 Å². The number of hydrogen-bond donors (Lipinski definition) is 0. The number of ether oxygens (including phenoxy) is 2. The number of morpholine rings is 1. The van der Waals surface area contributed by atoms with E-state index in [1.807, 2.05) is 17.0 Å². The number of rotatable bonds is 5. The molecular weight excluding hydrogens is 482 g/mol.